The molecule has 1 N–H and O–H groups in total. The standard InChI is InChI=1S/C27H32FN3O3/c1-34-21-11-12-25-23(17-21)22(24(28)18-29-25)10-6-14-31-16-15-30(19-26(31)27(32)33)13-5-9-20-7-3-2-4-8-20/h2-4,7-8,11-12,17-18,26H,5-6,9-10,13-16,19H2,1H3,(H,32,33)/t26-/m1/s1. The number of aromatic nitrogens is 1. The lowest BCUT2D eigenvalue weighted by molar-refractivity contribution is -0.145. The second-order valence-electron chi connectivity index (χ2n) is 8.85. The van der Waals surface area contributed by atoms with Crippen molar-refractivity contribution in [1.29, 1.82) is 0 Å². The number of carboxylic acids is 1. The van der Waals surface area contributed by atoms with Gasteiger partial charge in [-0.3, -0.25) is 19.6 Å². The Morgan fingerprint density at radius 1 is 1.12 bits per heavy atom. The Balaban J connectivity index is 1.32. The lowest BCUT2D eigenvalue weighted by atomic mass is 10.0. The lowest BCUT2D eigenvalue weighted by Gasteiger charge is -2.39. The van der Waals surface area contributed by atoms with Crippen molar-refractivity contribution < 1.29 is 19.0 Å². The molecule has 1 saturated heterocycles. The number of halogens is 1. The topological polar surface area (TPSA) is 65.9 Å². The average Bonchev–Trinajstić information content (AvgIpc) is 2.86. The summed E-state index contributed by atoms with van der Waals surface area (Å²) in [6, 6.07) is 15.3. The Bertz CT molecular complexity index is 1110. The molecule has 0 saturated carbocycles. The molecule has 1 fully saturated rings. The van der Waals surface area contributed by atoms with Crippen LogP contribution in [-0.4, -0.2) is 71.7 Å². The number of carbonyl (C=O) groups is 1. The van der Waals surface area contributed by atoms with Crippen molar-refractivity contribution >= 4 is 16.9 Å². The van der Waals surface area contributed by atoms with Crippen molar-refractivity contribution in [2.45, 2.75) is 31.7 Å². The van der Waals surface area contributed by atoms with E-state index in [1.807, 2.05) is 41.3 Å². The van der Waals surface area contributed by atoms with Crippen LogP contribution >= 0.6 is 0 Å². The number of benzene rings is 2. The summed E-state index contributed by atoms with van der Waals surface area (Å²) >= 11 is 0. The van der Waals surface area contributed by atoms with Gasteiger partial charge in [0.1, 0.15) is 17.6 Å². The zero-order chi connectivity index (χ0) is 23.9. The van der Waals surface area contributed by atoms with Crippen molar-refractivity contribution in [3.63, 3.8) is 0 Å². The van der Waals surface area contributed by atoms with Crippen molar-refractivity contribution in [1.82, 2.24) is 14.8 Å². The number of hydrogen-bond acceptors (Lipinski definition) is 5. The van der Waals surface area contributed by atoms with Gasteiger partial charge in [-0.25, -0.2) is 4.39 Å². The highest BCUT2D eigenvalue weighted by Crippen LogP contribution is 2.26. The zero-order valence-corrected chi connectivity index (χ0v) is 19.6. The summed E-state index contributed by atoms with van der Waals surface area (Å²) < 4.78 is 19.9. The predicted octanol–water partition coefficient (Wildman–Crippen LogP) is 4.02. The third-order valence-electron chi connectivity index (χ3n) is 6.65. The van der Waals surface area contributed by atoms with Crippen LogP contribution in [0.3, 0.4) is 0 Å². The monoisotopic (exact) mass is 465 g/mol. The molecule has 4 rings (SSSR count). The summed E-state index contributed by atoms with van der Waals surface area (Å²) in [5.74, 6) is -0.465. The Morgan fingerprint density at radius 2 is 1.91 bits per heavy atom. The van der Waals surface area contributed by atoms with E-state index in [0.29, 0.717) is 43.8 Å². The Hall–Kier alpha value is -3.03. The van der Waals surface area contributed by atoms with Gasteiger partial charge >= 0.3 is 5.97 Å². The number of hydrogen-bond donors (Lipinski definition) is 1. The second kappa shape index (κ2) is 11.4. The van der Waals surface area contributed by atoms with Gasteiger partial charge in [0.2, 0.25) is 0 Å². The summed E-state index contributed by atoms with van der Waals surface area (Å²) in [6.45, 7) is 3.58. The van der Waals surface area contributed by atoms with Gasteiger partial charge in [-0.15, -0.1) is 0 Å². The number of pyridine rings is 1. The molecule has 0 bridgehead atoms. The minimum Gasteiger partial charge on any atom is -0.497 e. The van der Waals surface area contributed by atoms with Crippen LogP contribution < -0.4 is 4.74 Å². The van der Waals surface area contributed by atoms with Crippen LogP contribution in [0.4, 0.5) is 4.39 Å². The molecular formula is C27H32FN3O3. The van der Waals surface area contributed by atoms with Gasteiger partial charge in [-0.05, 0) is 68.1 Å². The maximum absolute atomic E-state index is 14.6. The van der Waals surface area contributed by atoms with Crippen LogP contribution in [0.25, 0.3) is 10.9 Å². The first-order valence-corrected chi connectivity index (χ1v) is 11.9. The van der Waals surface area contributed by atoms with E-state index in [1.165, 1.54) is 11.8 Å². The molecule has 1 aliphatic rings. The number of methoxy groups -OCH3 is 1. The number of carboxylic acid groups (broad SMARTS) is 1. The number of piperazine rings is 1. The van der Waals surface area contributed by atoms with Crippen LogP contribution in [0.15, 0.2) is 54.7 Å². The number of rotatable bonds is 10. The molecule has 7 heteroatoms. The molecule has 1 atom stereocenters. The van der Waals surface area contributed by atoms with E-state index in [9.17, 15) is 14.3 Å². The van der Waals surface area contributed by atoms with E-state index >= 15 is 0 Å². The van der Waals surface area contributed by atoms with Crippen LogP contribution in [0.2, 0.25) is 0 Å². The molecule has 1 aliphatic heterocycles. The highest BCUT2D eigenvalue weighted by molar-refractivity contribution is 5.83. The summed E-state index contributed by atoms with van der Waals surface area (Å²) in [5, 5.41) is 10.6. The van der Waals surface area contributed by atoms with Crippen molar-refractivity contribution in [2.75, 3.05) is 39.8 Å². The van der Waals surface area contributed by atoms with Crippen molar-refractivity contribution in [3.8, 4) is 5.75 Å². The Morgan fingerprint density at radius 3 is 2.68 bits per heavy atom. The van der Waals surface area contributed by atoms with Crippen LogP contribution in [0.1, 0.15) is 24.0 Å². The number of ether oxygens (including phenoxy) is 1. The highest BCUT2D eigenvalue weighted by atomic mass is 19.1. The first-order chi connectivity index (χ1) is 16.5. The summed E-state index contributed by atoms with van der Waals surface area (Å²) in [7, 11) is 1.58. The zero-order valence-electron chi connectivity index (χ0n) is 19.6. The van der Waals surface area contributed by atoms with Gasteiger partial charge in [0.15, 0.2) is 0 Å². The molecule has 2 heterocycles. The molecule has 180 valence electrons. The maximum atomic E-state index is 14.6. The molecule has 3 aromatic rings. The third-order valence-corrected chi connectivity index (χ3v) is 6.65. The van der Waals surface area contributed by atoms with Gasteiger partial charge in [0.05, 0.1) is 18.8 Å². The van der Waals surface area contributed by atoms with E-state index in [0.717, 1.165) is 36.8 Å². The number of aliphatic carboxylic acids is 1. The van der Waals surface area contributed by atoms with E-state index in [4.69, 9.17) is 4.74 Å². The Kier molecular flexibility index (Phi) is 8.08. The SMILES string of the molecule is COc1ccc2ncc(F)c(CCCN3CCN(CCCc4ccccc4)C[C@@H]3C(=O)O)c2c1. The molecule has 0 spiro atoms. The lowest BCUT2D eigenvalue weighted by Crippen LogP contribution is -2.56. The van der Waals surface area contributed by atoms with Gasteiger partial charge < -0.3 is 9.84 Å². The molecule has 1 aromatic heterocycles. The summed E-state index contributed by atoms with van der Waals surface area (Å²) in [5.41, 5.74) is 2.64. The van der Waals surface area contributed by atoms with E-state index in [-0.39, 0.29) is 5.82 Å². The number of fused-ring (bicyclic) bond motifs is 1. The van der Waals surface area contributed by atoms with E-state index < -0.39 is 12.0 Å². The van der Waals surface area contributed by atoms with Crippen molar-refractivity contribution in [3.05, 3.63) is 71.7 Å². The van der Waals surface area contributed by atoms with Gasteiger partial charge in [0.25, 0.3) is 0 Å². The van der Waals surface area contributed by atoms with Crippen LogP contribution in [-0.2, 0) is 17.6 Å². The quantitative estimate of drug-likeness (QED) is 0.488. The largest absolute Gasteiger partial charge is 0.497 e. The van der Waals surface area contributed by atoms with Gasteiger partial charge in [-0.1, -0.05) is 30.3 Å². The average molecular weight is 466 g/mol. The fourth-order valence-corrected chi connectivity index (χ4v) is 4.78. The molecule has 0 aliphatic carbocycles. The summed E-state index contributed by atoms with van der Waals surface area (Å²) in [6.07, 6.45) is 4.45. The van der Waals surface area contributed by atoms with Crippen LogP contribution in [0.5, 0.6) is 5.75 Å². The third kappa shape index (κ3) is 5.90. The van der Waals surface area contributed by atoms with Crippen molar-refractivity contribution in [2.24, 2.45) is 0 Å². The highest BCUT2D eigenvalue weighted by Gasteiger charge is 2.31. The van der Waals surface area contributed by atoms with Gasteiger partial charge in [0, 0.05) is 25.0 Å². The van der Waals surface area contributed by atoms with Crippen LogP contribution in [0, 0.1) is 5.82 Å². The van der Waals surface area contributed by atoms with Gasteiger partial charge in [-0.2, -0.15) is 0 Å². The first-order valence-electron chi connectivity index (χ1n) is 11.9. The first kappa shape index (κ1) is 24.1. The molecule has 34 heavy (non-hydrogen) atoms. The fourth-order valence-electron chi connectivity index (χ4n) is 4.78. The molecule has 0 unspecified atom stereocenters. The number of aryl methyl sites for hydroxylation is 2. The smallest absolute Gasteiger partial charge is 0.322 e. The normalized spacial score (nSPS) is 17.2. The van der Waals surface area contributed by atoms with E-state index in [1.54, 1.807) is 7.11 Å². The van der Waals surface area contributed by atoms with E-state index in [2.05, 4.69) is 22.0 Å². The predicted molar refractivity (Wildman–Crippen MR) is 131 cm³/mol. The minimum atomic E-state index is -0.793. The fraction of sp³-hybridized carbons (Fsp3) is 0.407. The molecule has 2 aromatic carbocycles. The number of nitrogens with zero attached hydrogens (tertiary/aromatic N) is 3. The second-order valence-corrected chi connectivity index (χ2v) is 8.85. The molecule has 0 amide bonds. The molecule has 0 radical (unpaired) electrons. The Labute approximate surface area is 200 Å². The minimum absolute atomic E-state index is 0.334. The molecule has 6 nitrogen and oxygen atoms in total. The maximum Gasteiger partial charge on any atom is 0.322 e. The molecular weight excluding hydrogens is 433 g/mol. The summed E-state index contributed by atoms with van der Waals surface area (Å²) in [4.78, 5) is 20.4.